The lowest BCUT2D eigenvalue weighted by Crippen LogP contribution is -2.37. The van der Waals surface area contributed by atoms with Gasteiger partial charge in [0.05, 0.1) is 30.1 Å². The molecular weight excluding hydrogens is 452 g/mol. The summed E-state index contributed by atoms with van der Waals surface area (Å²) in [7, 11) is -1.42. The number of nitrogens with zero attached hydrogens (tertiary/aromatic N) is 2. The van der Waals surface area contributed by atoms with Crippen LogP contribution in [0, 0.1) is 0 Å². The van der Waals surface area contributed by atoms with Gasteiger partial charge in [-0.15, -0.1) is 0 Å². The van der Waals surface area contributed by atoms with Crippen molar-refractivity contribution in [2.75, 3.05) is 0 Å². The van der Waals surface area contributed by atoms with Crippen molar-refractivity contribution in [2.24, 2.45) is 0 Å². The van der Waals surface area contributed by atoms with E-state index in [4.69, 9.17) is 0 Å². The molecule has 7 rings (SSSR count). The molecule has 0 spiro atoms. The average Bonchev–Trinajstić information content (AvgIpc) is 3.41. The van der Waals surface area contributed by atoms with Gasteiger partial charge in [0.2, 0.25) is 0 Å². The maximum atomic E-state index is 2.44. The van der Waals surface area contributed by atoms with Crippen LogP contribution < -0.4 is 5.19 Å². The summed E-state index contributed by atoms with van der Waals surface area (Å²) in [6.07, 6.45) is 0. The second-order valence-corrected chi connectivity index (χ2v) is 15.8. The molecule has 5 aromatic carbocycles. The van der Waals surface area contributed by atoms with E-state index in [1.807, 2.05) is 0 Å². The number of hydrogen-bond acceptors (Lipinski definition) is 0. The van der Waals surface area contributed by atoms with E-state index in [9.17, 15) is 0 Å². The zero-order chi connectivity index (χ0) is 24.4. The predicted octanol–water partition coefficient (Wildman–Crippen LogP) is 8.43. The number of fused-ring (bicyclic) bond motifs is 6. The molecule has 2 nitrogen and oxygen atoms in total. The number of para-hydroxylation sites is 3. The highest BCUT2D eigenvalue weighted by atomic mass is 28.3. The summed E-state index contributed by atoms with van der Waals surface area (Å²) in [5.41, 5.74) is 7.34. The Bertz CT molecular complexity index is 1880. The number of benzene rings is 5. The Balaban J connectivity index is 1.52. The van der Waals surface area contributed by atoms with E-state index in [-0.39, 0.29) is 0 Å². The van der Waals surface area contributed by atoms with Crippen LogP contribution in [0.25, 0.3) is 55.0 Å². The minimum Gasteiger partial charge on any atom is -0.309 e. The SMILES string of the molecule is C[Si](C)(C)c1ccc2c(c1)c1ccccc1n2-c1cccc(-n2c3ccccc3c3ccccc32)c1. The van der Waals surface area contributed by atoms with Crippen molar-refractivity contribution in [2.45, 2.75) is 19.6 Å². The van der Waals surface area contributed by atoms with E-state index in [1.165, 1.54) is 60.2 Å². The van der Waals surface area contributed by atoms with E-state index >= 15 is 0 Å². The van der Waals surface area contributed by atoms with E-state index in [1.54, 1.807) is 0 Å². The van der Waals surface area contributed by atoms with Gasteiger partial charge in [-0.05, 0) is 42.5 Å². The highest BCUT2D eigenvalue weighted by Crippen LogP contribution is 2.35. The second kappa shape index (κ2) is 7.71. The molecule has 0 atom stereocenters. The molecule has 174 valence electrons. The molecule has 0 unspecified atom stereocenters. The van der Waals surface area contributed by atoms with Crippen molar-refractivity contribution in [1.82, 2.24) is 9.13 Å². The van der Waals surface area contributed by atoms with Crippen LogP contribution in [0.15, 0.2) is 115 Å². The van der Waals surface area contributed by atoms with Crippen molar-refractivity contribution >= 4 is 56.9 Å². The average molecular weight is 481 g/mol. The lowest BCUT2D eigenvalue weighted by molar-refractivity contribution is 1.13. The smallest absolute Gasteiger partial charge is 0.0776 e. The van der Waals surface area contributed by atoms with Gasteiger partial charge in [0.15, 0.2) is 0 Å². The number of hydrogen-bond donors (Lipinski definition) is 0. The molecule has 7 aromatic rings. The summed E-state index contributed by atoms with van der Waals surface area (Å²) >= 11 is 0. The van der Waals surface area contributed by atoms with Crippen LogP contribution in [0.4, 0.5) is 0 Å². The molecule has 2 heterocycles. The van der Waals surface area contributed by atoms with Gasteiger partial charge in [0.25, 0.3) is 0 Å². The second-order valence-electron chi connectivity index (χ2n) is 10.7. The van der Waals surface area contributed by atoms with E-state index in [0.717, 1.165) is 0 Å². The largest absolute Gasteiger partial charge is 0.309 e. The summed E-state index contributed by atoms with van der Waals surface area (Å²) in [6.45, 7) is 7.26. The summed E-state index contributed by atoms with van der Waals surface area (Å²) < 4.78 is 4.82. The van der Waals surface area contributed by atoms with Crippen molar-refractivity contribution in [3.05, 3.63) is 115 Å². The molecule has 0 amide bonds. The Labute approximate surface area is 212 Å². The van der Waals surface area contributed by atoms with Crippen molar-refractivity contribution < 1.29 is 0 Å². The van der Waals surface area contributed by atoms with Crippen LogP contribution in [0.5, 0.6) is 0 Å². The fourth-order valence-electron chi connectivity index (χ4n) is 5.69. The summed E-state index contributed by atoms with van der Waals surface area (Å²) in [5.74, 6) is 0. The molecule has 2 aromatic heterocycles. The van der Waals surface area contributed by atoms with Gasteiger partial charge in [0, 0.05) is 32.9 Å². The van der Waals surface area contributed by atoms with Gasteiger partial charge >= 0.3 is 0 Å². The van der Waals surface area contributed by atoms with Gasteiger partial charge in [0.1, 0.15) is 0 Å². The Kier molecular flexibility index (Phi) is 4.54. The molecule has 3 heteroatoms. The molecule has 36 heavy (non-hydrogen) atoms. The molecule has 0 bridgehead atoms. The van der Waals surface area contributed by atoms with Crippen molar-refractivity contribution in [3.8, 4) is 11.4 Å². The highest BCUT2D eigenvalue weighted by molar-refractivity contribution is 6.88. The first kappa shape index (κ1) is 21.2. The fourth-order valence-corrected chi connectivity index (χ4v) is 6.85. The van der Waals surface area contributed by atoms with Gasteiger partial charge < -0.3 is 9.13 Å². The Morgan fingerprint density at radius 1 is 0.417 bits per heavy atom. The highest BCUT2D eigenvalue weighted by Gasteiger charge is 2.20. The first-order chi connectivity index (χ1) is 17.5. The van der Waals surface area contributed by atoms with Gasteiger partial charge in [-0.25, -0.2) is 0 Å². The van der Waals surface area contributed by atoms with E-state index < -0.39 is 8.07 Å². The van der Waals surface area contributed by atoms with Gasteiger partial charge in [-0.2, -0.15) is 0 Å². The third-order valence-electron chi connectivity index (χ3n) is 7.46. The molecular formula is C33H28N2Si. The molecule has 0 fully saturated rings. The number of aromatic nitrogens is 2. The lowest BCUT2D eigenvalue weighted by atomic mass is 10.1. The Morgan fingerprint density at radius 2 is 0.861 bits per heavy atom. The standard InChI is InChI=1S/C33H28N2Si/c1-36(2,3)25-19-20-33-29(22-25)28-15-6-9-18-32(28)35(33)24-12-10-11-23(21-24)34-30-16-7-4-13-26(30)27-14-5-8-17-31(27)34/h4-22H,1-3H3. The van der Waals surface area contributed by atoms with Gasteiger partial charge in [-0.1, -0.05) is 97.6 Å². The molecule has 0 aliphatic rings. The van der Waals surface area contributed by atoms with Crippen LogP contribution >= 0.6 is 0 Å². The van der Waals surface area contributed by atoms with E-state index in [0.29, 0.717) is 0 Å². The molecule has 0 aliphatic carbocycles. The van der Waals surface area contributed by atoms with E-state index in [2.05, 4.69) is 144 Å². The van der Waals surface area contributed by atoms with Crippen LogP contribution in [0.1, 0.15) is 0 Å². The van der Waals surface area contributed by atoms with Crippen molar-refractivity contribution in [1.29, 1.82) is 0 Å². The Morgan fingerprint density at radius 3 is 1.36 bits per heavy atom. The topological polar surface area (TPSA) is 9.86 Å². The predicted molar refractivity (Wildman–Crippen MR) is 158 cm³/mol. The summed E-state index contributed by atoms with van der Waals surface area (Å²) in [5, 5.41) is 6.73. The summed E-state index contributed by atoms with van der Waals surface area (Å²) in [6, 6.07) is 42.3. The van der Waals surface area contributed by atoms with Crippen LogP contribution in [-0.4, -0.2) is 17.2 Å². The third kappa shape index (κ3) is 3.09. The zero-order valence-corrected chi connectivity index (χ0v) is 21.9. The molecule has 0 aliphatic heterocycles. The molecule has 0 saturated carbocycles. The van der Waals surface area contributed by atoms with Crippen molar-refractivity contribution in [3.63, 3.8) is 0 Å². The first-order valence-corrected chi connectivity index (χ1v) is 16.1. The maximum absolute atomic E-state index is 2.44. The van der Waals surface area contributed by atoms with Crippen LogP contribution in [0.3, 0.4) is 0 Å². The molecule has 0 N–H and O–H groups in total. The molecule has 0 saturated heterocycles. The van der Waals surface area contributed by atoms with Crippen LogP contribution in [0.2, 0.25) is 19.6 Å². The minimum atomic E-state index is -1.42. The van der Waals surface area contributed by atoms with Gasteiger partial charge in [-0.3, -0.25) is 0 Å². The maximum Gasteiger partial charge on any atom is 0.0776 e. The normalized spacial score (nSPS) is 12.3. The minimum absolute atomic E-state index is 1.18. The monoisotopic (exact) mass is 480 g/mol. The molecule has 0 radical (unpaired) electrons. The summed E-state index contributed by atoms with van der Waals surface area (Å²) in [4.78, 5) is 0. The lowest BCUT2D eigenvalue weighted by Gasteiger charge is -2.17. The quantitative estimate of drug-likeness (QED) is 0.225. The van der Waals surface area contributed by atoms with Crippen LogP contribution in [-0.2, 0) is 0 Å². The Hall–Kier alpha value is -4.08. The fraction of sp³-hybridized carbons (Fsp3) is 0.0909. The zero-order valence-electron chi connectivity index (χ0n) is 20.9. The first-order valence-electron chi connectivity index (χ1n) is 12.6. The third-order valence-corrected chi connectivity index (χ3v) is 9.51. The number of rotatable bonds is 3.